The van der Waals surface area contributed by atoms with E-state index < -0.39 is 6.09 Å². The molecule has 1 aliphatic rings. The van der Waals surface area contributed by atoms with E-state index in [1.54, 1.807) is 0 Å². The molecule has 1 aliphatic heterocycles. The Morgan fingerprint density at radius 2 is 2.00 bits per heavy atom. The predicted octanol–water partition coefficient (Wildman–Crippen LogP) is 0.690. The number of hydrogen-bond acceptors (Lipinski definition) is 2. The first kappa shape index (κ1) is 9.32. The van der Waals surface area contributed by atoms with Crippen LogP contribution in [0.25, 0.3) is 0 Å². The molecule has 0 bridgehead atoms. The summed E-state index contributed by atoms with van der Waals surface area (Å²) in [6.45, 7) is 6.15. The minimum atomic E-state index is -0.809. The van der Waals surface area contributed by atoms with Crippen molar-refractivity contribution in [1.29, 1.82) is 0 Å². The van der Waals surface area contributed by atoms with Crippen LogP contribution < -0.4 is 0 Å². The fraction of sp³-hybridized carbons (Fsp3) is 0.875. The molecule has 1 fully saturated rings. The van der Waals surface area contributed by atoms with Crippen molar-refractivity contribution in [1.82, 2.24) is 9.80 Å². The maximum absolute atomic E-state index is 10.7. The molecule has 70 valence electrons. The lowest BCUT2D eigenvalue weighted by Crippen LogP contribution is -2.58. The predicted molar refractivity (Wildman–Crippen MR) is 46.3 cm³/mol. The number of carboxylic acid groups (broad SMARTS) is 1. The molecule has 12 heavy (non-hydrogen) atoms. The van der Waals surface area contributed by atoms with Gasteiger partial charge in [0.2, 0.25) is 0 Å². The Hall–Kier alpha value is -0.770. The Morgan fingerprint density at radius 1 is 1.42 bits per heavy atom. The normalized spacial score (nSPS) is 24.1. The number of hydrogen-bond donors (Lipinski definition) is 1. The van der Waals surface area contributed by atoms with Crippen LogP contribution in [0.1, 0.15) is 13.8 Å². The number of piperazine rings is 1. The molecule has 4 heteroatoms. The zero-order chi connectivity index (χ0) is 9.35. The molecule has 0 atom stereocenters. The molecule has 0 spiro atoms. The van der Waals surface area contributed by atoms with Crippen molar-refractivity contribution in [3.8, 4) is 0 Å². The smallest absolute Gasteiger partial charge is 0.407 e. The summed E-state index contributed by atoms with van der Waals surface area (Å²) in [6, 6.07) is 0. The molecule has 1 heterocycles. The molecule has 0 aromatic carbocycles. The first-order valence-corrected chi connectivity index (χ1v) is 4.12. The molecule has 0 aliphatic carbocycles. The molecule has 0 unspecified atom stereocenters. The van der Waals surface area contributed by atoms with Gasteiger partial charge in [-0.25, -0.2) is 4.79 Å². The average molecular weight is 172 g/mol. The molecule has 0 aromatic rings. The third-order valence-corrected chi connectivity index (χ3v) is 2.59. The van der Waals surface area contributed by atoms with Crippen molar-refractivity contribution in [2.75, 3.05) is 26.7 Å². The van der Waals surface area contributed by atoms with Gasteiger partial charge in [-0.1, -0.05) is 0 Å². The fourth-order valence-corrected chi connectivity index (χ4v) is 1.40. The monoisotopic (exact) mass is 172 g/mol. The van der Waals surface area contributed by atoms with Gasteiger partial charge in [-0.15, -0.1) is 0 Å². The second-order valence-electron chi connectivity index (χ2n) is 3.94. The summed E-state index contributed by atoms with van der Waals surface area (Å²) in [7, 11) is 2.03. The number of amides is 1. The quantitative estimate of drug-likeness (QED) is 0.584. The SMILES string of the molecule is CN1CCN(C(=O)O)CC1(C)C. The minimum absolute atomic E-state index is 0.0311. The summed E-state index contributed by atoms with van der Waals surface area (Å²) in [5, 5.41) is 8.76. The van der Waals surface area contributed by atoms with Crippen molar-refractivity contribution < 1.29 is 9.90 Å². The van der Waals surface area contributed by atoms with E-state index in [0.29, 0.717) is 13.1 Å². The van der Waals surface area contributed by atoms with E-state index in [2.05, 4.69) is 18.7 Å². The summed E-state index contributed by atoms with van der Waals surface area (Å²) in [5.74, 6) is 0. The van der Waals surface area contributed by atoms with E-state index in [9.17, 15) is 4.79 Å². The van der Waals surface area contributed by atoms with E-state index in [4.69, 9.17) is 5.11 Å². The second kappa shape index (κ2) is 2.94. The molecular weight excluding hydrogens is 156 g/mol. The highest BCUT2D eigenvalue weighted by Crippen LogP contribution is 2.18. The van der Waals surface area contributed by atoms with Crippen LogP contribution in [0.2, 0.25) is 0 Å². The highest BCUT2D eigenvalue weighted by atomic mass is 16.4. The zero-order valence-corrected chi connectivity index (χ0v) is 7.87. The summed E-state index contributed by atoms with van der Waals surface area (Å²) >= 11 is 0. The van der Waals surface area contributed by atoms with Gasteiger partial charge >= 0.3 is 6.09 Å². The van der Waals surface area contributed by atoms with Gasteiger partial charge in [0, 0.05) is 25.2 Å². The molecule has 1 saturated heterocycles. The van der Waals surface area contributed by atoms with Crippen molar-refractivity contribution in [2.24, 2.45) is 0 Å². The first-order valence-electron chi connectivity index (χ1n) is 4.12. The highest BCUT2D eigenvalue weighted by molar-refractivity contribution is 5.65. The van der Waals surface area contributed by atoms with Crippen LogP contribution >= 0.6 is 0 Å². The fourth-order valence-electron chi connectivity index (χ4n) is 1.40. The van der Waals surface area contributed by atoms with Gasteiger partial charge in [-0.2, -0.15) is 0 Å². The number of likely N-dealkylation sites (N-methyl/N-ethyl adjacent to an activating group) is 1. The van der Waals surface area contributed by atoms with E-state index >= 15 is 0 Å². The highest BCUT2D eigenvalue weighted by Gasteiger charge is 2.32. The summed E-state index contributed by atoms with van der Waals surface area (Å²) < 4.78 is 0. The second-order valence-corrected chi connectivity index (χ2v) is 3.94. The topological polar surface area (TPSA) is 43.8 Å². The maximum Gasteiger partial charge on any atom is 0.407 e. The van der Waals surface area contributed by atoms with Crippen LogP contribution in [0, 0.1) is 0 Å². The van der Waals surface area contributed by atoms with Gasteiger partial charge in [0.05, 0.1) is 0 Å². The number of rotatable bonds is 0. The van der Waals surface area contributed by atoms with Crippen molar-refractivity contribution in [3.05, 3.63) is 0 Å². The Bertz CT molecular complexity index is 191. The van der Waals surface area contributed by atoms with Gasteiger partial charge in [0.1, 0.15) is 0 Å². The number of carbonyl (C=O) groups is 1. The Morgan fingerprint density at radius 3 is 2.42 bits per heavy atom. The largest absolute Gasteiger partial charge is 0.465 e. The van der Waals surface area contributed by atoms with Crippen molar-refractivity contribution >= 4 is 6.09 Å². The van der Waals surface area contributed by atoms with Crippen LogP contribution in [0.5, 0.6) is 0 Å². The number of nitrogens with zero attached hydrogens (tertiary/aromatic N) is 2. The first-order chi connectivity index (χ1) is 5.43. The maximum atomic E-state index is 10.7. The Balaban J connectivity index is 2.63. The van der Waals surface area contributed by atoms with Gasteiger partial charge in [0.15, 0.2) is 0 Å². The Kier molecular flexibility index (Phi) is 2.28. The van der Waals surface area contributed by atoms with Crippen LogP contribution in [-0.2, 0) is 0 Å². The lowest BCUT2D eigenvalue weighted by atomic mass is 10.0. The Labute approximate surface area is 72.8 Å². The molecule has 1 amide bonds. The lowest BCUT2D eigenvalue weighted by Gasteiger charge is -2.44. The summed E-state index contributed by atoms with van der Waals surface area (Å²) in [6.07, 6.45) is -0.809. The van der Waals surface area contributed by atoms with Crippen molar-refractivity contribution in [2.45, 2.75) is 19.4 Å². The third kappa shape index (κ3) is 1.69. The summed E-state index contributed by atoms with van der Waals surface area (Å²) in [5.41, 5.74) is -0.0311. The van der Waals surface area contributed by atoms with Gasteiger partial charge in [-0.05, 0) is 20.9 Å². The van der Waals surface area contributed by atoms with Gasteiger partial charge in [0.25, 0.3) is 0 Å². The molecule has 0 saturated carbocycles. The molecule has 1 N–H and O–H groups in total. The minimum Gasteiger partial charge on any atom is -0.465 e. The summed E-state index contributed by atoms with van der Waals surface area (Å²) in [4.78, 5) is 14.3. The van der Waals surface area contributed by atoms with Gasteiger partial charge in [-0.3, -0.25) is 4.90 Å². The molecule has 0 radical (unpaired) electrons. The van der Waals surface area contributed by atoms with Crippen LogP contribution in [0.4, 0.5) is 4.79 Å². The molecule has 0 aromatic heterocycles. The standard InChI is InChI=1S/C8H16N2O2/c1-8(2)6-10(7(11)12)5-4-9(8)3/h4-6H2,1-3H3,(H,11,12). The van der Waals surface area contributed by atoms with E-state index in [1.807, 2.05) is 7.05 Å². The van der Waals surface area contributed by atoms with E-state index in [1.165, 1.54) is 4.90 Å². The molecular formula is C8H16N2O2. The zero-order valence-electron chi connectivity index (χ0n) is 7.87. The average Bonchev–Trinajstić information content (AvgIpc) is 1.94. The van der Waals surface area contributed by atoms with Crippen LogP contribution in [0.15, 0.2) is 0 Å². The van der Waals surface area contributed by atoms with Crippen LogP contribution in [-0.4, -0.2) is 53.2 Å². The molecule has 4 nitrogen and oxygen atoms in total. The van der Waals surface area contributed by atoms with Crippen molar-refractivity contribution in [3.63, 3.8) is 0 Å². The lowest BCUT2D eigenvalue weighted by molar-refractivity contribution is 0.0412. The third-order valence-electron chi connectivity index (χ3n) is 2.59. The van der Waals surface area contributed by atoms with Crippen LogP contribution in [0.3, 0.4) is 0 Å². The van der Waals surface area contributed by atoms with E-state index in [0.717, 1.165) is 6.54 Å². The van der Waals surface area contributed by atoms with Gasteiger partial charge < -0.3 is 10.0 Å². The van der Waals surface area contributed by atoms with E-state index in [-0.39, 0.29) is 5.54 Å². The molecule has 1 rings (SSSR count).